The van der Waals surface area contributed by atoms with Crippen LogP contribution in [0.25, 0.3) is 11.0 Å². The number of hydrogen-bond acceptors (Lipinski definition) is 4. The molecule has 124 valence electrons. The summed E-state index contributed by atoms with van der Waals surface area (Å²) in [5.74, 6) is 0.213. The van der Waals surface area contributed by atoms with Crippen molar-refractivity contribution in [1.29, 1.82) is 0 Å². The normalized spacial score (nSPS) is 17.3. The third kappa shape index (κ3) is 3.41. The van der Waals surface area contributed by atoms with E-state index in [2.05, 4.69) is 10.6 Å². The number of benzene rings is 1. The first-order valence-electron chi connectivity index (χ1n) is 8.11. The Morgan fingerprint density at radius 3 is 2.87 bits per heavy atom. The van der Waals surface area contributed by atoms with Gasteiger partial charge in [0.1, 0.15) is 5.58 Å². The lowest BCUT2D eigenvalue weighted by atomic mass is 9.79. The molecular formula is C18H24N2O3. The molecule has 0 saturated carbocycles. The van der Waals surface area contributed by atoms with Gasteiger partial charge in [0.2, 0.25) is 0 Å². The summed E-state index contributed by atoms with van der Waals surface area (Å²) in [5, 5.41) is 7.35. The first-order chi connectivity index (χ1) is 11.1. The summed E-state index contributed by atoms with van der Waals surface area (Å²) in [4.78, 5) is 12.5. The number of fused-ring (bicyclic) bond motifs is 1. The van der Waals surface area contributed by atoms with Crippen LogP contribution < -0.4 is 10.6 Å². The standard InChI is InChI=1S/C18H24N2O3/c1-13-4-3-5-14-10-15(23-16(13)14)17(21)20-11-18(12-22-2)6-8-19-9-7-18/h3-5,10,19H,6-9,11-12H2,1-2H3,(H,20,21). The van der Waals surface area contributed by atoms with Crippen molar-refractivity contribution in [1.82, 2.24) is 10.6 Å². The molecule has 2 aromatic rings. The van der Waals surface area contributed by atoms with Crippen molar-refractivity contribution in [3.05, 3.63) is 35.6 Å². The predicted octanol–water partition coefficient (Wildman–Crippen LogP) is 2.49. The molecule has 1 aliphatic heterocycles. The second kappa shape index (κ2) is 6.72. The molecule has 5 nitrogen and oxygen atoms in total. The van der Waals surface area contributed by atoms with Crippen molar-refractivity contribution in [2.45, 2.75) is 19.8 Å². The second-order valence-electron chi connectivity index (χ2n) is 6.47. The highest BCUT2D eigenvalue weighted by Crippen LogP contribution is 2.28. The average Bonchev–Trinajstić information content (AvgIpc) is 3.00. The first-order valence-corrected chi connectivity index (χ1v) is 8.11. The van der Waals surface area contributed by atoms with Gasteiger partial charge in [0.25, 0.3) is 5.91 Å². The molecular weight excluding hydrogens is 292 g/mol. The fourth-order valence-corrected chi connectivity index (χ4v) is 3.31. The van der Waals surface area contributed by atoms with E-state index in [0.29, 0.717) is 18.9 Å². The van der Waals surface area contributed by atoms with Crippen LogP contribution in [0.4, 0.5) is 0 Å². The van der Waals surface area contributed by atoms with Gasteiger partial charge in [-0.15, -0.1) is 0 Å². The maximum absolute atomic E-state index is 12.5. The third-order valence-corrected chi connectivity index (χ3v) is 4.70. The Hall–Kier alpha value is -1.85. The second-order valence-corrected chi connectivity index (χ2v) is 6.47. The SMILES string of the molecule is COCC1(CNC(=O)c2cc3cccc(C)c3o2)CCNCC1. The van der Waals surface area contributed by atoms with Crippen molar-refractivity contribution in [3.63, 3.8) is 0 Å². The van der Waals surface area contributed by atoms with E-state index < -0.39 is 0 Å². The number of amides is 1. The molecule has 1 aromatic carbocycles. The molecule has 0 bridgehead atoms. The lowest BCUT2D eigenvalue weighted by Crippen LogP contribution is -2.47. The number of rotatable bonds is 5. The van der Waals surface area contributed by atoms with Crippen LogP contribution in [0.3, 0.4) is 0 Å². The lowest BCUT2D eigenvalue weighted by Gasteiger charge is -2.37. The van der Waals surface area contributed by atoms with E-state index in [0.717, 1.165) is 42.5 Å². The summed E-state index contributed by atoms with van der Waals surface area (Å²) in [6.07, 6.45) is 2.00. The molecule has 2 N–H and O–H groups in total. The third-order valence-electron chi connectivity index (χ3n) is 4.70. The molecule has 3 rings (SSSR count). The Morgan fingerprint density at radius 1 is 1.39 bits per heavy atom. The smallest absolute Gasteiger partial charge is 0.287 e. The van der Waals surface area contributed by atoms with Crippen molar-refractivity contribution in [3.8, 4) is 0 Å². The largest absolute Gasteiger partial charge is 0.451 e. The molecule has 2 heterocycles. The van der Waals surface area contributed by atoms with Gasteiger partial charge in [-0.1, -0.05) is 18.2 Å². The lowest BCUT2D eigenvalue weighted by molar-refractivity contribution is 0.0506. The Kier molecular flexibility index (Phi) is 4.68. The van der Waals surface area contributed by atoms with Crippen LogP contribution in [0.2, 0.25) is 0 Å². The molecule has 0 unspecified atom stereocenters. The number of nitrogens with one attached hydrogen (secondary N) is 2. The Balaban J connectivity index is 1.71. The number of ether oxygens (including phenoxy) is 1. The number of piperidine rings is 1. The van der Waals surface area contributed by atoms with Gasteiger partial charge in [-0.2, -0.15) is 0 Å². The topological polar surface area (TPSA) is 63.5 Å². The van der Waals surface area contributed by atoms with E-state index >= 15 is 0 Å². The summed E-state index contributed by atoms with van der Waals surface area (Å²) >= 11 is 0. The molecule has 0 atom stereocenters. The molecule has 1 aliphatic rings. The molecule has 0 spiro atoms. The number of aryl methyl sites for hydroxylation is 1. The number of hydrogen-bond donors (Lipinski definition) is 2. The summed E-state index contributed by atoms with van der Waals surface area (Å²) in [6.45, 7) is 5.17. The minimum atomic E-state index is -0.158. The van der Waals surface area contributed by atoms with Gasteiger partial charge >= 0.3 is 0 Å². The van der Waals surface area contributed by atoms with Gasteiger partial charge in [0.15, 0.2) is 5.76 Å². The van der Waals surface area contributed by atoms with Gasteiger partial charge < -0.3 is 19.8 Å². The Bertz CT molecular complexity index is 681. The van der Waals surface area contributed by atoms with Gasteiger partial charge in [0.05, 0.1) is 6.61 Å². The van der Waals surface area contributed by atoms with Crippen LogP contribution in [0.15, 0.2) is 28.7 Å². The highest BCUT2D eigenvalue weighted by atomic mass is 16.5. The molecule has 1 fully saturated rings. The molecule has 1 aromatic heterocycles. The zero-order chi connectivity index (χ0) is 16.3. The zero-order valence-corrected chi connectivity index (χ0v) is 13.8. The summed E-state index contributed by atoms with van der Waals surface area (Å²) in [5.41, 5.74) is 1.83. The van der Waals surface area contributed by atoms with E-state index in [1.54, 1.807) is 7.11 Å². The highest BCUT2D eigenvalue weighted by Gasteiger charge is 2.32. The quantitative estimate of drug-likeness (QED) is 0.889. The number of para-hydroxylation sites is 1. The van der Waals surface area contributed by atoms with Crippen LogP contribution in [0.5, 0.6) is 0 Å². The van der Waals surface area contributed by atoms with Crippen LogP contribution >= 0.6 is 0 Å². The van der Waals surface area contributed by atoms with E-state index in [-0.39, 0.29) is 11.3 Å². The fraction of sp³-hybridized carbons (Fsp3) is 0.500. The zero-order valence-electron chi connectivity index (χ0n) is 13.8. The minimum Gasteiger partial charge on any atom is -0.451 e. The molecule has 0 radical (unpaired) electrons. The molecule has 5 heteroatoms. The fourth-order valence-electron chi connectivity index (χ4n) is 3.31. The van der Waals surface area contributed by atoms with Gasteiger partial charge in [-0.3, -0.25) is 4.79 Å². The Labute approximate surface area is 136 Å². The van der Waals surface area contributed by atoms with Gasteiger partial charge in [-0.05, 0) is 44.5 Å². The monoisotopic (exact) mass is 316 g/mol. The highest BCUT2D eigenvalue weighted by molar-refractivity contribution is 5.96. The van der Waals surface area contributed by atoms with Crippen LogP contribution in [0, 0.1) is 12.3 Å². The van der Waals surface area contributed by atoms with Gasteiger partial charge in [0, 0.05) is 24.5 Å². The number of carbonyl (C=O) groups is 1. The maximum atomic E-state index is 12.5. The number of furan rings is 1. The van der Waals surface area contributed by atoms with E-state index in [9.17, 15) is 4.79 Å². The maximum Gasteiger partial charge on any atom is 0.287 e. The van der Waals surface area contributed by atoms with Crippen LogP contribution in [-0.4, -0.2) is 39.3 Å². The molecule has 23 heavy (non-hydrogen) atoms. The van der Waals surface area contributed by atoms with E-state index in [1.807, 2.05) is 31.2 Å². The predicted molar refractivity (Wildman–Crippen MR) is 89.7 cm³/mol. The molecule has 1 amide bonds. The summed E-state index contributed by atoms with van der Waals surface area (Å²) in [6, 6.07) is 7.72. The molecule has 1 saturated heterocycles. The Morgan fingerprint density at radius 2 is 2.17 bits per heavy atom. The average molecular weight is 316 g/mol. The first kappa shape index (κ1) is 16.0. The van der Waals surface area contributed by atoms with Crippen LogP contribution in [-0.2, 0) is 4.74 Å². The molecule has 0 aliphatic carbocycles. The van der Waals surface area contributed by atoms with Crippen molar-refractivity contribution >= 4 is 16.9 Å². The van der Waals surface area contributed by atoms with E-state index in [1.165, 1.54) is 0 Å². The van der Waals surface area contributed by atoms with E-state index in [4.69, 9.17) is 9.15 Å². The number of carbonyl (C=O) groups excluding carboxylic acids is 1. The van der Waals surface area contributed by atoms with Crippen molar-refractivity contribution < 1.29 is 13.9 Å². The van der Waals surface area contributed by atoms with Gasteiger partial charge in [-0.25, -0.2) is 0 Å². The van der Waals surface area contributed by atoms with Crippen molar-refractivity contribution in [2.24, 2.45) is 5.41 Å². The van der Waals surface area contributed by atoms with Crippen LogP contribution in [0.1, 0.15) is 29.0 Å². The minimum absolute atomic E-state index is 0.0115. The number of methoxy groups -OCH3 is 1. The van der Waals surface area contributed by atoms with Crippen molar-refractivity contribution in [2.75, 3.05) is 33.4 Å². The summed E-state index contributed by atoms with van der Waals surface area (Å²) < 4.78 is 11.1. The summed E-state index contributed by atoms with van der Waals surface area (Å²) in [7, 11) is 1.72.